The Labute approximate surface area is 269 Å². The second-order valence-corrected chi connectivity index (χ2v) is 22.0. The topological polar surface area (TPSA) is 81.5 Å². The van der Waals surface area contributed by atoms with Crippen LogP contribution in [0.1, 0.15) is 138 Å². The number of hydrogen-bond acceptors (Lipinski definition) is 4. The molecule has 1 aliphatic heterocycles. The van der Waals surface area contributed by atoms with E-state index in [1.807, 2.05) is 0 Å². The third-order valence-electron chi connectivity index (χ3n) is 15.9. The SMILES string of the molecule is CCC12[I-]C(C(C)CCN=O)C3(C)CC4CC5(CCCCCC(C)(CN)CC(C)(CN)C6(CCC6)CC1C2C)CC3C45. The van der Waals surface area contributed by atoms with Crippen LogP contribution in [0.5, 0.6) is 0 Å². The third kappa shape index (κ3) is 4.67. The molecule has 0 aromatic rings. The summed E-state index contributed by atoms with van der Waals surface area (Å²) in [5.41, 5.74) is 15.4. The van der Waals surface area contributed by atoms with Crippen LogP contribution >= 0.6 is 0 Å². The summed E-state index contributed by atoms with van der Waals surface area (Å²) in [7, 11) is 0. The average Bonchev–Trinajstić information content (AvgIpc) is 3.47. The van der Waals surface area contributed by atoms with Crippen molar-refractivity contribution in [3.8, 4) is 0 Å². The van der Waals surface area contributed by atoms with Crippen LogP contribution in [0, 0.1) is 67.5 Å². The number of alkyl halides is 2. The second-order valence-electron chi connectivity index (χ2n) is 18.0. The Morgan fingerprint density at radius 1 is 0.905 bits per heavy atom. The number of nitrogens with two attached hydrogens (primary N) is 2. The van der Waals surface area contributed by atoms with Gasteiger partial charge in [-0.15, -0.1) is 0 Å². The Bertz CT molecular complexity index is 1020. The fourth-order valence-corrected chi connectivity index (χ4v) is 19.2. The molecule has 5 aliphatic carbocycles. The molecule has 0 radical (unpaired) electrons. The molecule has 2 spiro atoms. The predicted molar refractivity (Wildman–Crippen MR) is 172 cm³/mol. The van der Waals surface area contributed by atoms with Crippen LogP contribution in [0.2, 0.25) is 0 Å². The molecule has 6 rings (SSSR count). The summed E-state index contributed by atoms with van der Waals surface area (Å²) >= 11 is -0.0111. The summed E-state index contributed by atoms with van der Waals surface area (Å²) in [6, 6.07) is 0. The van der Waals surface area contributed by atoms with Crippen molar-refractivity contribution in [2.24, 2.45) is 79.2 Å². The van der Waals surface area contributed by atoms with Gasteiger partial charge in [0.25, 0.3) is 0 Å². The van der Waals surface area contributed by atoms with Gasteiger partial charge < -0.3 is 0 Å². The summed E-state index contributed by atoms with van der Waals surface area (Å²) < 4.78 is 1.40. The van der Waals surface area contributed by atoms with E-state index in [9.17, 15) is 4.91 Å². The molecular formula is C37H65IN3O-. The monoisotopic (exact) mass is 694 g/mol. The van der Waals surface area contributed by atoms with Crippen molar-refractivity contribution in [3.05, 3.63) is 4.91 Å². The molecule has 6 fully saturated rings. The predicted octanol–water partition coefficient (Wildman–Crippen LogP) is 5.55. The molecule has 12 unspecified atom stereocenters. The molecule has 5 heteroatoms. The van der Waals surface area contributed by atoms with Crippen molar-refractivity contribution < 1.29 is 21.2 Å². The zero-order valence-corrected chi connectivity index (χ0v) is 30.3. The van der Waals surface area contributed by atoms with Crippen molar-refractivity contribution in [1.82, 2.24) is 0 Å². The first kappa shape index (κ1) is 32.2. The molecule has 4 N–H and O–H groups in total. The first-order chi connectivity index (χ1) is 19.9. The molecular weight excluding hydrogens is 629 g/mol. The molecule has 242 valence electrons. The van der Waals surface area contributed by atoms with Crippen molar-refractivity contribution in [2.75, 3.05) is 19.6 Å². The summed E-state index contributed by atoms with van der Waals surface area (Å²) in [4.78, 5) is 11.3. The summed E-state index contributed by atoms with van der Waals surface area (Å²) in [5, 5.41) is 3.37. The molecule has 1 heterocycles. The van der Waals surface area contributed by atoms with Crippen molar-refractivity contribution in [3.63, 3.8) is 0 Å². The third-order valence-corrected chi connectivity index (χ3v) is 23.0. The van der Waals surface area contributed by atoms with Crippen LogP contribution < -0.4 is 32.7 Å². The maximum atomic E-state index is 11.3. The summed E-state index contributed by atoms with van der Waals surface area (Å²) in [5.74, 6) is 5.31. The fraction of sp³-hybridized carbons (Fsp3) is 1.00. The number of nitroso groups, excluding NO2 is 1. The van der Waals surface area contributed by atoms with E-state index in [2.05, 4.69) is 46.7 Å². The molecule has 0 aromatic heterocycles. The number of halogens is 1. The van der Waals surface area contributed by atoms with Crippen molar-refractivity contribution >= 4 is 0 Å². The molecule has 5 saturated carbocycles. The number of rotatable bonds is 7. The van der Waals surface area contributed by atoms with Crippen LogP contribution in [0.25, 0.3) is 0 Å². The van der Waals surface area contributed by atoms with E-state index < -0.39 is 0 Å². The second kappa shape index (κ2) is 11.2. The summed E-state index contributed by atoms with van der Waals surface area (Å²) in [6.07, 6.45) is 20.5. The van der Waals surface area contributed by atoms with Gasteiger partial charge in [0.2, 0.25) is 0 Å². The van der Waals surface area contributed by atoms with E-state index in [1.54, 1.807) is 0 Å². The van der Waals surface area contributed by atoms with E-state index in [0.717, 1.165) is 53.0 Å². The Hall–Kier alpha value is 0.250. The van der Waals surface area contributed by atoms with Crippen LogP contribution in [-0.2, 0) is 0 Å². The zero-order chi connectivity index (χ0) is 30.2. The van der Waals surface area contributed by atoms with E-state index in [4.69, 9.17) is 11.5 Å². The van der Waals surface area contributed by atoms with Gasteiger partial charge in [0.05, 0.1) is 0 Å². The van der Waals surface area contributed by atoms with Gasteiger partial charge in [-0.25, -0.2) is 0 Å². The minimum atomic E-state index is -0.0111. The molecule has 6 aliphatic rings. The van der Waals surface area contributed by atoms with E-state index >= 15 is 0 Å². The zero-order valence-electron chi connectivity index (χ0n) is 28.2. The Morgan fingerprint density at radius 3 is 2.26 bits per heavy atom. The molecule has 4 nitrogen and oxygen atoms in total. The van der Waals surface area contributed by atoms with Gasteiger partial charge >= 0.3 is 270 Å². The first-order valence-electron chi connectivity index (χ1n) is 18.2. The van der Waals surface area contributed by atoms with Crippen molar-refractivity contribution in [1.29, 1.82) is 0 Å². The Balaban J connectivity index is 1.34. The van der Waals surface area contributed by atoms with Crippen LogP contribution in [0.15, 0.2) is 5.18 Å². The van der Waals surface area contributed by atoms with E-state index in [0.29, 0.717) is 32.1 Å². The molecule has 42 heavy (non-hydrogen) atoms. The average molecular weight is 695 g/mol. The van der Waals surface area contributed by atoms with Crippen LogP contribution in [0.4, 0.5) is 0 Å². The van der Waals surface area contributed by atoms with Gasteiger partial charge in [-0.05, 0) is 0 Å². The maximum absolute atomic E-state index is 11.3. The van der Waals surface area contributed by atoms with Gasteiger partial charge in [-0.1, -0.05) is 0 Å². The van der Waals surface area contributed by atoms with Gasteiger partial charge in [0, 0.05) is 0 Å². The summed E-state index contributed by atoms with van der Waals surface area (Å²) in [6.45, 7) is 17.6. The molecule has 0 amide bonds. The normalized spacial score (nSPS) is 52.3. The standard InChI is InChI=1S/C37H65IN3O/c1-7-37-26(3)28(37)21-36(15-11-16-36)33(5,24-40)22-32(4,23-39)13-9-8-10-14-35-19-27-18-34(6,29(20-35)30(27)35)31(38-37)25(2)12-17-41-42/h25-31H,7-24,39-40H2,1-6H3/q-1. The van der Waals surface area contributed by atoms with E-state index in [1.165, 1.54) is 89.9 Å². The molecule has 12 atom stereocenters. The Morgan fingerprint density at radius 2 is 1.64 bits per heavy atom. The Kier molecular flexibility index (Phi) is 8.59. The van der Waals surface area contributed by atoms with Crippen molar-refractivity contribution in [2.45, 2.75) is 145 Å². The first-order valence-corrected chi connectivity index (χ1v) is 20.6. The van der Waals surface area contributed by atoms with Crippen LogP contribution in [0.3, 0.4) is 0 Å². The number of hydrogen-bond donors (Lipinski definition) is 2. The molecule has 2 bridgehead atoms. The van der Waals surface area contributed by atoms with Gasteiger partial charge in [0.15, 0.2) is 0 Å². The van der Waals surface area contributed by atoms with Gasteiger partial charge in [0.1, 0.15) is 0 Å². The van der Waals surface area contributed by atoms with Gasteiger partial charge in [-0.3, -0.25) is 0 Å². The molecule has 0 aromatic carbocycles. The quantitative estimate of drug-likeness (QED) is 0.209. The fourth-order valence-electron chi connectivity index (χ4n) is 13.1. The number of nitrogens with zero attached hydrogens (tertiary/aromatic N) is 1. The number of fused-ring (bicyclic) bond motifs is 1. The van der Waals surface area contributed by atoms with Gasteiger partial charge in [-0.2, -0.15) is 0 Å². The van der Waals surface area contributed by atoms with Crippen LogP contribution in [-0.4, -0.2) is 27.0 Å². The molecule has 1 saturated heterocycles. The minimum absolute atomic E-state index is 0.0111. The van der Waals surface area contributed by atoms with E-state index in [-0.39, 0.29) is 32.0 Å².